The summed E-state index contributed by atoms with van der Waals surface area (Å²) in [6, 6.07) is 11.0. The van der Waals surface area contributed by atoms with Gasteiger partial charge in [0.15, 0.2) is 0 Å². The zero-order chi connectivity index (χ0) is 16.9. The van der Waals surface area contributed by atoms with Crippen molar-refractivity contribution in [2.75, 3.05) is 6.54 Å². The Labute approximate surface area is 144 Å². The third kappa shape index (κ3) is 3.69. The molecule has 0 spiro atoms. The lowest BCUT2D eigenvalue weighted by atomic mass is 9.87. The molecule has 1 aliphatic rings. The molecule has 0 saturated carbocycles. The fourth-order valence-electron chi connectivity index (χ4n) is 3.95. The van der Waals surface area contributed by atoms with Gasteiger partial charge < -0.3 is 4.90 Å². The molecular formula is C20H27N3O. The molecule has 0 N–H and O–H groups in total. The SMILES string of the molecule is CCC(c1ccccc1)C1CCCN1C(=O)CCc1cnn(C)c1. The molecule has 0 bridgehead atoms. The van der Waals surface area contributed by atoms with Gasteiger partial charge in [0.2, 0.25) is 5.91 Å². The quantitative estimate of drug-likeness (QED) is 0.815. The molecule has 1 aromatic carbocycles. The van der Waals surface area contributed by atoms with Gasteiger partial charge in [0.05, 0.1) is 6.20 Å². The summed E-state index contributed by atoms with van der Waals surface area (Å²) in [5, 5.41) is 4.18. The highest BCUT2D eigenvalue weighted by Gasteiger charge is 2.34. The number of carbonyl (C=O) groups excluding carboxylic acids is 1. The van der Waals surface area contributed by atoms with Crippen molar-refractivity contribution in [2.24, 2.45) is 7.05 Å². The van der Waals surface area contributed by atoms with Crippen LogP contribution in [0.1, 0.15) is 49.7 Å². The second-order valence-electron chi connectivity index (χ2n) is 6.74. The maximum atomic E-state index is 12.8. The summed E-state index contributed by atoms with van der Waals surface area (Å²) in [6.07, 6.45) is 8.51. The summed E-state index contributed by atoms with van der Waals surface area (Å²) in [5.41, 5.74) is 2.49. The minimum atomic E-state index is 0.288. The van der Waals surface area contributed by atoms with E-state index in [9.17, 15) is 4.79 Å². The highest BCUT2D eigenvalue weighted by molar-refractivity contribution is 5.77. The molecule has 128 valence electrons. The Hall–Kier alpha value is -2.10. The Bertz CT molecular complexity index is 665. The molecule has 2 unspecified atom stereocenters. The first-order valence-corrected chi connectivity index (χ1v) is 9.01. The van der Waals surface area contributed by atoms with Crippen molar-refractivity contribution < 1.29 is 4.79 Å². The molecular weight excluding hydrogens is 298 g/mol. The highest BCUT2D eigenvalue weighted by atomic mass is 16.2. The van der Waals surface area contributed by atoms with Crippen LogP contribution in [-0.4, -0.2) is 33.2 Å². The van der Waals surface area contributed by atoms with Gasteiger partial charge in [-0.15, -0.1) is 0 Å². The van der Waals surface area contributed by atoms with Gasteiger partial charge in [0.25, 0.3) is 0 Å². The fraction of sp³-hybridized carbons (Fsp3) is 0.500. The van der Waals surface area contributed by atoms with E-state index in [-0.39, 0.29) is 5.91 Å². The summed E-state index contributed by atoms with van der Waals surface area (Å²) >= 11 is 0. The Morgan fingerprint density at radius 1 is 1.33 bits per heavy atom. The number of aromatic nitrogens is 2. The molecule has 24 heavy (non-hydrogen) atoms. The number of amides is 1. The van der Waals surface area contributed by atoms with Gasteiger partial charge >= 0.3 is 0 Å². The molecule has 4 nitrogen and oxygen atoms in total. The van der Waals surface area contributed by atoms with Crippen LogP contribution in [-0.2, 0) is 18.3 Å². The van der Waals surface area contributed by atoms with Crippen LogP contribution < -0.4 is 0 Å². The van der Waals surface area contributed by atoms with Crippen molar-refractivity contribution in [3.8, 4) is 0 Å². The zero-order valence-corrected chi connectivity index (χ0v) is 14.7. The Morgan fingerprint density at radius 2 is 2.12 bits per heavy atom. The van der Waals surface area contributed by atoms with E-state index in [0.717, 1.165) is 37.8 Å². The first-order valence-electron chi connectivity index (χ1n) is 9.01. The number of likely N-dealkylation sites (tertiary alicyclic amines) is 1. The van der Waals surface area contributed by atoms with E-state index in [4.69, 9.17) is 0 Å². The number of benzene rings is 1. The average Bonchev–Trinajstić information content (AvgIpc) is 3.24. The smallest absolute Gasteiger partial charge is 0.223 e. The molecule has 0 aliphatic carbocycles. The van der Waals surface area contributed by atoms with Crippen LogP contribution in [0.4, 0.5) is 0 Å². The maximum absolute atomic E-state index is 12.8. The number of hydrogen-bond donors (Lipinski definition) is 0. The van der Waals surface area contributed by atoms with E-state index >= 15 is 0 Å². The third-order valence-corrected chi connectivity index (χ3v) is 5.14. The molecule has 4 heteroatoms. The molecule has 1 aromatic heterocycles. The van der Waals surface area contributed by atoms with Crippen LogP contribution in [0.2, 0.25) is 0 Å². The van der Waals surface area contributed by atoms with Crippen molar-refractivity contribution in [2.45, 2.75) is 51.0 Å². The molecule has 2 aromatic rings. The number of rotatable bonds is 6. The van der Waals surface area contributed by atoms with E-state index in [1.807, 2.05) is 19.4 Å². The lowest BCUT2D eigenvalue weighted by Crippen LogP contribution is -2.39. The number of carbonyl (C=O) groups is 1. The summed E-state index contributed by atoms with van der Waals surface area (Å²) < 4.78 is 1.79. The van der Waals surface area contributed by atoms with Gasteiger partial charge in [0.1, 0.15) is 0 Å². The number of hydrogen-bond acceptors (Lipinski definition) is 2. The lowest BCUT2D eigenvalue weighted by Gasteiger charge is -2.31. The summed E-state index contributed by atoms with van der Waals surface area (Å²) in [4.78, 5) is 14.9. The average molecular weight is 325 g/mol. The molecule has 0 radical (unpaired) electrons. The lowest BCUT2D eigenvalue weighted by molar-refractivity contribution is -0.132. The molecule has 1 fully saturated rings. The molecule has 2 atom stereocenters. The third-order valence-electron chi connectivity index (χ3n) is 5.14. The minimum Gasteiger partial charge on any atom is -0.339 e. The van der Waals surface area contributed by atoms with Crippen LogP contribution in [0.3, 0.4) is 0 Å². The van der Waals surface area contributed by atoms with Crippen molar-refractivity contribution in [3.63, 3.8) is 0 Å². The van der Waals surface area contributed by atoms with Crippen molar-refractivity contribution in [1.82, 2.24) is 14.7 Å². The van der Waals surface area contributed by atoms with Crippen LogP contribution in [0.15, 0.2) is 42.7 Å². The summed E-state index contributed by atoms with van der Waals surface area (Å²) in [5.74, 6) is 0.728. The summed E-state index contributed by atoms with van der Waals surface area (Å²) in [7, 11) is 1.91. The molecule has 1 amide bonds. The standard InChI is InChI=1S/C20H27N3O/c1-3-18(17-8-5-4-6-9-17)19-10-7-13-23(19)20(24)12-11-16-14-21-22(2)15-16/h4-6,8-9,14-15,18-19H,3,7,10-13H2,1-2H3. The first kappa shape index (κ1) is 16.7. The van der Waals surface area contributed by atoms with E-state index in [1.165, 1.54) is 5.56 Å². The number of aryl methyl sites for hydroxylation is 2. The number of nitrogens with zero attached hydrogens (tertiary/aromatic N) is 3. The fourth-order valence-corrected chi connectivity index (χ4v) is 3.95. The van der Waals surface area contributed by atoms with Crippen molar-refractivity contribution >= 4 is 5.91 Å². The van der Waals surface area contributed by atoms with Crippen molar-refractivity contribution in [3.05, 3.63) is 53.9 Å². The predicted molar refractivity (Wildman–Crippen MR) is 95.7 cm³/mol. The van der Waals surface area contributed by atoms with E-state index < -0.39 is 0 Å². The monoisotopic (exact) mass is 325 g/mol. The van der Waals surface area contributed by atoms with Crippen LogP contribution in [0.25, 0.3) is 0 Å². The predicted octanol–water partition coefficient (Wildman–Crippen LogP) is 3.54. The van der Waals surface area contributed by atoms with Gasteiger partial charge in [-0.3, -0.25) is 9.48 Å². The first-order chi connectivity index (χ1) is 11.7. The molecule has 1 saturated heterocycles. The Balaban J connectivity index is 1.66. The van der Waals surface area contributed by atoms with Gasteiger partial charge in [-0.2, -0.15) is 5.10 Å². The minimum absolute atomic E-state index is 0.288. The summed E-state index contributed by atoms with van der Waals surface area (Å²) in [6.45, 7) is 3.13. The van der Waals surface area contributed by atoms with E-state index in [1.54, 1.807) is 4.68 Å². The van der Waals surface area contributed by atoms with Crippen LogP contribution >= 0.6 is 0 Å². The van der Waals surface area contributed by atoms with Gasteiger partial charge in [-0.25, -0.2) is 0 Å². The molecule has 3 rings (SSSR count). The second-order valence-corrected chi connectivity index (χ2v) is 6.74. The zero-order valence-electron chi connectivity index (χ0n) is 14.7. The second kappa shape index (κ2) is 7.65. The van der Waals surface area contributed by atoms with Crippen molar-refractivity contribution in [1.29, 1.82) is 0 Å². The van der Waals surface area contributed by atoms with Crippen LogP contribution in [0.5, 0.6) is 0 Å². The Kier molecular flexibility index (Phi) is 5.34. The van der Waals surface area contributed by atoms with E-state index in [2.05, 4.69) is 47.3 Å². The van der Waals surface area contributed by atoms with Gasteiger partial charge in [-0.1, -0.05) is 37.3 Å². The Morgan fingerprint density at radius 3 is 2.79 bits per heavy atom. The molecule has 1 aliphatic heterocycles. The largest absolute Gasteiger partial charge is 0.339 e. The topological polar surface area (TPSA) is 38.1 Å². The van der Waals surface area contributed by atoms with Crippen LogP contribution in [0, 0.1) is 0 Å². The maximum Gasteiger partial charge on any atom is 0.223 e. The molecule has 2 heterocycles. The van der Waals surface area contributed by atoms with E-state index in [0.29, 0.717) is 18.4 Å². The van der Waals surface area contributed by atoms with Gasteiger partial charge in [-0.05, 0) is 36.8 Å². The highest BCUT2D eigenvalue weighted by Crippen LogP contribution is 2.34. The normalized spacial score (nSPS) is 18.8. The van der Waals surface area contributed by atoms with Gasteiger partial charge in [0, 0.05) is 38.2 Å².